The number of hydrogen-bond acceptors (Lipinski definition) is 2. The molecule has 2 aliphatic carbocycles. The first-order chi connectivity index (χ1) is 10.7. The summed E-state index contributed by atoms with van der Waals surface area (Å²) in [6.45, 7) is 1.18. The molecular weight excluding hydrogens is 338 g/mol. The predicted octanol–water partition coefficient (Wildman–Crippen LogP) is 4.08. The second-order valence-electron chi connectivity index (χ2n) is 7.36. The first kappa shape index (κ1) is 12.1. The zero-order valence-corrected chi connectivity index (χ0v) is 13.7. The number of hydrogen-bond donors (Lipinski definition) is 2. The molecule has 1 aromatic heterocycles. The minimum absolute atomic E-state index is 0.150. The van der Waals surface area contributed by atoms with E-state index in [4.69, 9.17) is 4.98 Å². The number of rotatable bonds is 1. The fraction of sp³-hybridized carbons (Fsp3) is 0.389. The van der Waals surface area contributed by atoms with Crippen molar-refractivity contribution in [2.45, 2.75) is 24.8 Å². The molecule has 2 heterocycles. The lowest BCUT2D eigenvalue weighted by molar-refractivity contribution is 0.486. The van der Waals surface area contributed by atoms with Crippen LogP contribution in [0.15, 0.2) is 34.8 Å². The van der Waals surface area contributed by atoms with Crippen molar-refractivity contribution in [3.8, 4) is 0 Å². The molecule has 0 bridgehead atoms. The summed E-state index contributed by atoms with van der Waals surface area (Å²) in [6.07, 6.45) is 4.07. The Balaban J connectivity index is 1.55. The zero-order valence-electron chi connectivity index (χ0n) is 12.1. The van der Waals surface area contributed by atoms with Gasteiger partial charge in [0.05, 0.1) is 16.6 Å². The normalized spacial score (nSPS) is 31.0. The van der Waals surface area contributed by atoms with E-state index >= 15 is 0 Å². The highest BCUT2D eigenvalue weighted by Crippen LogP contribution is 2.72. The quantitative estimate of drug-likeness (QED) is 0.692. The van der Waals surface area contributed by atoms with E-state index in [1.807, 2.05) is 0 Å². The molecule has 1 spiro atoms. The summed E-state index contributed by atoms with van der Waals surface area (Å²) in [5.74, 6) is 1.97. The van der Waals surface area contributed by atoms with Crippen molar-refractivity contribution in [3.05, 3.63) is 40.6 Å². The minimum atomic E-state index is 0.150. The summed E-state index contributed by atoms with van der Waals surface area (Å²) in [4.78, 5) is 8.63. The molecule has 3 aliphatic rings. The van der Waals surface area contributed by atoms with Gasteiger partial charge in [0.15, 0.2) is 0 Å². The topological polar surface area (TPSA) is 40.7 Å². The van der Waals surface area contributed by atoms with Crippen molar-refractivity contribution in [2.75, 3.05) is 6.54 Å². The van der Waals surface area contributed by atoms with Crippen LogP contribution in [0.1, 0.15) is 25.1 Å². The Morgan fingerprint density at radius 1 is 1.18 bits per heavy atom. The van der Waals surface area contributed by atoms with Crippen LogP contribution in [0.2, 0.25) is 0 Å². The van der Waals surface area contributed by atoms with Crippen molar-refractivity contribution in [1.29, 1.82) is 0 Å². The van der Waals surface area contributed by atoms with Gasteiger partial charge in [-0.15, -0.1) is 0 Å². The van der Waals surface area contributed by atoms with Gasteiger partial charge in [0.2, 0.25) is 0 Å². The maximum Gasteiger partial charge on any atom is 0.127 e. The molecule has 1 aliphatic heterocycles. The fourth-order valence-electron chi connectivity index (χ4n) is 4.67. The Morgan fingerprint density at radius 3 is 2.86 bits per heavy atom. The van der Waals surface area contributed by atoms with E-state index in [0.29, 0.717) is 5.41 Å². The molecule has 0 radical (unpaired) electrons. The Bertz CT molecular complexity index is 956. The third kappa shape index (κ3) is 1.34. The van der Waals surface area contributed by atoms with Gasteiger partial charge in [0.1, 0.15) is 5.82 Å². The summed E-state index contributed by atoms with van der Waals surface area (Å²) in [5.41, 5.74) is 3.03. The molecule has 22 heavy (non-hydrogen) atoms. The Hall–Kier alpha value is -1.39. The maximum atomic E-state index is 5.03. The van der Waals surface area contributed by atoms with E-state index in [2.05, 4.69) is 56.6 Å². The number of aromatic nitrogens is 2. The van der Waals surface area contributed by atoms with E-state index in [0.717, 1.165) is 27.2 Å². The Labute approximate surface area is 136 Å². The Kier molecular flexibility index (Phi) is 1.96. The van der Waals surface area contributed by atoms with Crippen LogP contribution in [0.4, 0.5) is 0 Å². The molecule has 2 N–H and O–H groups in total. The number of nitrogens with one attached hydrogen (secondary N) is 2. The van der Waals surface area contributed by atoms with Crippen molar-refractivity contribution in [2.24, 2.45) is 11.3 Å². The molecule has 6 rings (SSSR count). The molecule has 110 valence electrons. The molecule has 2 saturated carbocycles. The first-order valence-corrected chi connectivity index (χ1v) is 8.83. The second-order valence-corrected chi connectivity index (χ2v) is 8.27. The highest BCUT2D eigenvalue weighted by molar-refractivity contribution is 9.10. The number of aromatic amines is 1. The number of benzene rings is 2. The third-order valence-corrected chi connectivity index (χ3v) is 6.69. The monoisotopic (exact) mass is 353 g/mol. The van der Waals surface area contributed by atoms with Crippen LogP contribution in [-0.4, -0.2) is 16.5 Å². The lowest BCUT2D eigenvalue weighted by atomic mass is 10.0. The number of H-pyrrole nitrogens is 1. The lowest BCUT2D eigenvalue weighted by Gasteiger charge is -2.09. The summed E-state index contributed by atoms with van der Waals surface area (Å²) >= 11 is 3.55. The SMILES string of the molecule is Brc1ccc2c(ccc3[nH]c([C@@]45C[C@@H]4C4(CC4)CN5)nc32)c1. The van der Waals surface area contributed by atoms with Gasteiger partial charge in [-0.1, -0.05) is 28.1 Å². The van der Waals surface area contributed by atoms with Crippen LogP contribution in [0.25, 0.3) is 21.8 Å². The van der Waals surface area contributed by atoms with Crippen molar-refractivity contribution < 1.29 is 0 Å². The Morgan fingerprint density at radius 2 is 2.09 bits per heavy atom. The predicted molar refractivity (Wildman–Crippen MR) is 90.8 cm³/mol. The highest BCUT2D eigenvalue weighted by Gasteiger charge is 2.74. The minimum Gasteiger partial charge on any atom is -0.340 e. The summed E-state index contributed by atoms with van der Waals surface area (Å²) in [5, 5.41) is 6.26. The molecule has 2 atom stereocenters. The summed E-state index contributed by atoms with van der Waals surface area (Å²) in [6, 6.07) is 10.8. The molecule has 3 nitrogen and oxygen atoms in total. The number of piperidine rings is 1. The van der Waals surface area contributed by atoms with E-state index in [-0.39, 0.29) is 5.54 Å². The van der Waals surface area contributed by atoms with E-state index in [9.17, 15) is 0 Å². The van der Waals surface area contributed by atoms with Gasteiger partial charge >= 0.3 is 0 Å². The maximum absolute atomic E-state index is 5.03. The third-order valence-electron chi connectivity index (χ3n) is 6.20. The smallest absolute Gasteiger partial charge is 0.127 e. The summed E-state index contributed by atoms with van der Waals surface area (Å²) < 4.78 is 1.11. The van der Waals surface area contributed by atoms with Crippen LogP contribution >= 0.6 is 15.9 Å². The number of fused-ring (bicyclic) bond motifs is 5. The molecule has 1 saturated heterocycles. The van der Waals surface area contributed by atoms with Gasteiger partial charge in [0, 0.05) is 16.4 Å². The van der Waals surface area contributed by atoms with Gasteiger partial charge in [-0.25, -0.2) is 4.98 Å². The number of nitrogens with zero attached hydrogens (tertiary/aromatic N) is 1. The number of halogens is 1. The van der Waals surface area contributed by atoms with Crippen molar-refractivity contribution >= 4 is 37.7 Å². The highest BCUT2D eigenvalue weighted by atomic mass is 79.9. The second kappa shape index (κ2) is 3.57. The number of imidazole rings is 1. The van der Waals surface area contributed by atoms with Crippen LogP contribution in [-0.2, 0) is 5.54 Å². The van der Waals surface area contributed by atoms with Gasteiger partial charge in [-0.2, -0.15) is 0 Å². The molecule has 2 aromatic carbocycles. The van der Waals surface area contributed by atoms with E-state index < -0.39 is 0 Å². The molecule has 0 unspecified atom stereocenters. The van der Waals surface area contributed by atoms with E-state index in [1.54, 1.807) is 0 Å². The lowest BCUT2D eigenvalue weighted by Crippen LogP contribution is -2.27. The van der Waals surface area contributed by atoms with Gasteiger partial charge in [-0.3, -0.25) is 0 Å². The largest absolute Gasteiger partial charge is 0.340 e. The average molecular weight is 354 g/mol. The molecule has 3 fully saturated rings. The molecule has 0 amide bonds. The zero-order chi connectivity index (χ0) is 14.5. The fourth-order valence-corrected chi connectivity index (χ4v) is 5.05. The van der Waals surface area contributed by atoms with Crippen molar-refractivity contribution in [1.82, 2.24) is 15.3 Å². The van der Waals surface area contributed by atoms with E-state index in [1.165, 1.54) is 36.6 Å². The summed E-state index contributed by atoms with van der Waals surface area (Å²) in [7, 11) is 0. The average Bonchev–Trinajstić information content (AvgIpc) is 3.36. The molecule has 3 aromatic rings. The van der Waals surface area contributed by atoms with Gasteiger partial charge < -0.3 is 10.3 Å². The molecule has 4 heteroatoms. The first-order valence-electron chi connectivity index (χ1n) is 8.04. The van der Waals surface area contributed by atoms with Crippen LogP contribution in [0.5, 0.6) is 0 Å². The van der Waals surface area contributed by atoms with Crippen LogP contribution in [0.3, 0.4) is 0 Å². The van der Waals surface area contributed by atoms with Gasteiger partial charge in [-0.05, 0) is 54.2 Å². The molecular formula is C18H16BrN3. The van der Waals surface area contributed by atoms with Crippen LogP contribution in [0, 0.1) is 11.3 Å². The van der Waals surface area contributed by atoms with Crippen LogP contribution < -0.4 is 5.32 Å². The van der Waals surface area contributed by atoms with Crippen molar-refractivity contribution in [3.63, 3.8) is 0 Å². The van der Waals surface area contributed by atoms with Gasteiger partial charge in [0.25, 0.3) is 0 Å². The standard InChI is InChI=1S/C18H16BrN3/c19-11-2-3-12-10(7-11)1-4-13-15(12)22-16(21-13)18-8-14(18)17(5-6-17)9-20-18/h1-4,7,14,20H,5-6,8-9H2,(H,21,22)/t14-,18-/m1/s1.